The smallest absolute Gasteiger partial charge is 0.240 e. The standard InChI is InChI=1S/C16H15N2O3/c1-18(16(20)21)15-8-4-13(5-9-15)10-12-2-6-14(7-3-12)17-11-19/h2-9,16,20H,10H2,1H3/q-1. The Kier molecular flexibility index (Phi) is 4.85. The zero-order valence-electron chi connectivity index (χ0n) is 11.6. The number of aliphatic imine (C=N–C) groups is 1. The summed E-state index contributed by atoms with van der Waals surface area (Å²) in [5.41, 5.74) is 3.41. The summed E-state index contributed by atoms with van der Waals surface area (Å²) in [5.74, 6) is 0. The van der Waals surface area contributed by atoms with Crippen LogP contribution in [0.25, 0.3) is 0 Å². The van der Waals surface area contributed by atoms with Gasteiger partial charge >= 0.3 is 0 Å². The minimum Gasteiger partial charge on any atom is -0.815 e. The molecule has 0 heterocycles. The van der Waals surface area contributed by atoms with Crippen LogP contribution < -0.4 is 10.0 Å². The number of anilines is 1. The molecule has 21 heavy (non-hydrogen) atoms. The fraction of sp³-hybridized carbons (Fsp3) is 0.188. The lowest BCUT2D eigenvalue weighted by molar-refractivity contribution is -0.480. The van der Waals surface area contributed by atoms with E-state index in [1.165, 1.54) is 11.0 Å². The maximum absolute atomic E-state index is 10.9. The van der Waals surface area contributed by atoms with E-state index in [0.717, 1.165) is 17.5 Å². The molecule has 108 valence electrons. The molecule has 2 aromatic rings. The second-order valence-corrected chi connectivity index (χ2v) is 4.65. The molecule has 0 saturated heterocycles. The van der Waals surface area contributed by atoms with Gasteiger partial charge < -0.3 is 15.1 Å². The monoisotopic (exact) mass is 283 g/mol. The molecule has 2 aromatic carbocycles. The second-order valence-electron chi connectivity index (χ2n) is 4.65. The van der Waals surface area contributed by atoms with Crippen molar-refractivity contribution in [1.29, 1.82) is 0 Å². The van der Waals surface area contributed by atoms with Gasteiger partial charge in [0.2, 0.25) is 6.08 Å². The Morgan fingerprint density at radius 1 is 1.14 bits per heavy atom. The summed E-state index contributed by atoms with van der Waals surface area (Å²) in [4.78, 5) is 14.9. The Morgan fingerprint density at radius 3 is 2.14 bits per heavy atom. The molecule has 0 aliphatic carbocycles. The van der Waals surface area contributed by atoms with E-state index in [1.807, 2.05) is 24.3 Å². The molecule has 0 spiro atoms. The first-order chi connectivity index (χ1) is 10.1. The van der Waals surface area contributed by atoms with Gasteiger partial charge in [-0.3, -0.25) is 0 Å². The van der Waals surface area contributed by atoms with Crippen LogP contribution in [0.2, 0.25) is 0 Å². The van der Waals surface area contributed by atoms with Crippen LogP contribution in [0.3, 0.4) is 0 Å². The quantitative estimate of drug-likeness (QED) is 0.510. The van der Waals surface area contributed by atoms with E-state index in [1.54, 1.807) is 31.3 Å². The van der Waals surface area contributed by atoms with E-state index < -0.39 is 6.41 Å². The van der Waals surface area contributed by atoms with Gasteiger partial charge in [-0.25, -0.2) is 4.79 Å². The lowest BCUT2D eigenvalue weighted by Gasteiger charge is -2.29. The van der Waals surface area contributed by atoms with Gasteiger partial charge in [0.1, 0.15) is 0 Å². The van der Waals surface area contributed by atoms with Gasteiger partial charge in [-0.05, 0) is 41.8 Å². The van der Waals surface area contributed by atoms with E-state index in [4.69, 9.17) is 5.11 Å². The predicted molar refractivity (Wildman–Crippen MR) is 77.9 cm³/mol. The number of rotatable bonds is 5. The highest BCUT2D eigenvalue weighted by Gasteiger charge is 2.02. The van der Waals surface area contributed by atoms with Gasteiger partial charge in [-0.1, -0.05) is 24.3 Å². The highest BCUT2D eigenvalue weighted by Crippen LogP contribution is 2.18. The third kappa shape index (κ3) is 4.00. The van der Waals surface area contributed by atoms with E-state index >= 15 is 0 Å². The van der Waals surface area contributed by atoms with Crippen LogP contribution in [0.5, 0.6) is 0 Å². The Labute approximate surface area is 122 Å². The zero-order chi connectivity index (χ0) is 15.2. The molecule has 0 bridgehead atoms. The summed E-state index contributed by atoms with van der Waals surface area (Å²) in [5, 5.41) is 19.9. The van der Waals surface area contributed by atoms with E-state index in [2.05, 4.69) is 4.99 Å². The predicted octanol–water partition coefficient (Wildman–Crippen LogP) is 1.32. The number of aliphatic hydroxyl groups is 1. The number of nitrogens with zero attached hydrogens (tertiary/aromatic N) is 2. The van der Waals surface area contributed by atoms with Gasteiger partial charge in [0.25, 0.3) is 0 Å². The molecule has 2 rings (SSSR count). The Morgan fingerprint density at radius 2 is 1.67 bits per heavy atom. The van der Waals surface area contributed by atoms with Gasteiger partial charge in [0.15, 0.2) is 0 Å². The van der Waals surface area contributed by atoms with Crippen molar-refractivity contribution in [3.63, 3.8) is 0 Å². The summed E-state index contributed by atoms with van der Waals surface area (Å²) < 4.78 is 0. The van der Waals surface area contributed by atoms with Gasteiger partial charge in [-0.15, -0.1) is 0 Å². The minimum atomic E-state index is -1.76. The Hall–Kier alpha value is -2.46. The number of benzene rings is 2. The number of hydrogen-bond acceptors (Lipinski definition) is 5. The molecule has 1 atom stereocenters. The molecule has 0 aliphatic rings. The normalized spacial score (nSPS) is 11.6. The molecule has 0 aliphatic heterocycles. The fourth-order valence-electron chi connectivity index (χ4n) is 1.95. The summed E-state index contributed by atoms with van der Waals surface area (Å²) in [6.45, 7) is 0. The molecule has 1 unspecified atom stereocenters. The molecule has 0 radical (unpaired) electrons. The van der Waals surface area contributed by atoms with Crippen molar-refractivity contribution in [3.05, 3.63) is 59.7 Å². The maximum atomic E-state index is 10.9. The first-order valence-corrected chi connectivity index (χ1v) is 6.42. The summed E-state index contributed by atoms with van der Waals surface area (Å²) in [7, 11) is 1.54. The second kappa shape index (κ2) is 6.81. The van der Waals surface area contributed by atoms with Crippen molar-refractivity contribution in [2.45, 2.75) is 12.8 Å². The van der Waals surface area contributed by atoms with Crippen LogP contribution in [0.15, 0.2) is 53.5 Å². The average molecular weight is 283 g/mol. The lowest BCUT2D eigenvalue weighted by atomic mass is 10.0. The lowest BCUT2D eigenvalue weighted by Crippen LogP contribution is -2.42. The van der Waals surface area contributed by atoms with Crippen molar-refractivity contribution >= 4 is 17.5 Å². The molecular weight excluding hydrogens is 268 g/mol. The molecule has 0 aromatic heterocycles. The first kappa shape index (κ1) is 14.9. The SMILES string of the molecule is CN(c1ccc(Cc2ccc(N=C=O)cc2)cc1)C([O-])O. The number of isocyanates is 1. The summed E-state index contributed by atoms with van der Waals surface area (Å²) in [6, 6.07) is 14.7. The first-order valence-electron chi connectivity index (χ1n) is 6.42. The highest BCUT2D eigenvalue weighted by atomic mass is 16.5. The van der Waals surface area contributed by atoms with E-state index in [0.29, 0.717) is 11.4 Å². The molecule has 1 N–H and O–H groups in total. The van der Waals surface area contributed by atoms with Gasteiger partial charge in [0.05, 0.1) is 12.1 Å². The van der Waals surface area contributed by atoms with Gasteiger partial charge in [-0.2, -0.15) is 4.99 Å². The maximum Gasteiger partial charge on any atom is 0.240 e. The molecule has 5 heteroatoms. The summed E-state index contributed by atoms with van der Waals surface area (Å²) in [6.07, 6.45) is 0.472. The van der Waals surface area contributed by atoms with E-state index in [9.17, 15) is 9.90 Å². The molecular formula is C16H15N2O3-. The Bertz CT molecular complexity index is 630. The molecule has 5 nitrogen and oxygen atoms in total. The van der Waals surface area contributed by atoms with E-state index in [-0.39, 0.29) is 0 Å². The zero-order valence-corrected chi connectivity index (χ0v) is 11.6. The molecule has 0 saturated carbocycles. The van der Waals surface area contributed by atoms with Crippen molar-refractivity contribution in [3.8, 4) is 0 Å². The van der Waals surface area contributed by atoms with Crippen LogP contribution in [-0.2, 0) is 11.2 Å². The number of hydrogen-bond donors (Lipinski definition) is 1. The molecule has 0 fully saturated rings. The third-order valence-electron chi connectivity index (χ3n) is 3.19. The van der Waals surface area contributed by atoms with Crippen molar-refractivity contribution in [2.75, 3.05) is 11.9 Å². The van der Waals surface area contributed by atoms with Crippen molar-refractivity contribution < 1.29 is 15.0 Å². The molecule has 0 amide bonds. The summed E-state index contributed by atoms with van der Waals surface area (Å²) >= 11 is 0. The van der Waals surface area contributed by atoms with Crippen molar-refractivity contribution in [2.24, 2.45) is 4.99 Å². The number of aliphatic hydroxyl groups excluding tert-OH is 1. The topological polar surface area (TPSA) is 76.0 Å². The minimum absolute atomic E-state index is 0.579. The van der Waals surface area contributed by atoms with Crippen LogP contribution in [0.4, 0.5) is 11.4 Å². The van der Waals surface area contributed by atoms with Crippen LogP contribution >= 0.6 is 0 Å². The number of carbonyl (C=O) groups excluding carboxylic acids is 1. The van der Waals surface area contributed by atoms with Gasteiger partial charge in [0, 0.05) is 12.7 Å². The largest absolute Gasteiger partial charge is 0.815 e. The van der Waals surface area contributed by atoms with Crippen LogP contribution in [0.1, 0.15) is 11.1 Å². The van der Waals surface area contributed by atoms with Crippen molar-refractivity contribution in [1.82, 2.24) is 0 Å². The van der Waals surface area contributed by atoms with Crippen LogP contribution in [-0.4, -0.2) is 24.6 Å². The van der Waals surface area contributed by atoms with Crippen LogP contribution in [0, 0.1) is 0 Å². The Balaban J connectivity index is 2.07. The third-order valence-corrected chi connectivity index (χ3v) is 3.19. The fourth-order valence-corrected chi connectivity index (χ4v) is 1.95. The average Bonchev–Trinajstić information content (AvgIpc) is 2.49. The highest BCUT2D eigenvalue weighted by molar-refractivity contribution is 5.50.